The lowest BCUT2D eigenvalue weighted by Crippen LogP contribution is -2.37. The van der Waals surface area contributed by atoms with Gasteiger partial charge in [-0.2, -0.15) is 13.2 Å². The molecule has 114 valence electrons. The number of carbonyl (C=O) groups excluding carboxylic acids is 2. The molecule has 0 bridgehead atoms. The molecule has 0 atom stereocenters. The van der Waals surface area contributed by atoms with Gasteiger partial charge in [-0.25, -0.2) is 0 Å². The zero-order valence-corrected chi connectivity index (χ0v) is 11.8. The Labute approximate surface area is 123 Å². The van der Waals surface area contributed by atoms with E-state index >= 15 is 0 Å². The van der Waals surface area contributed by atoms with Crippen molar-refractivity contribution in [3.05, 3.63) is 35.4 Å². The first-order valence-electron chi connectivity index (χ1n) is 6.14. The maximum Gasteiger partial charge on any atom is 0.416 e. The minimum absolute atomic E-state index is 0.0214. The van der Waals surface area contributed by atoms with Crippen molar-refractivity contribution in [3.8, 4) is 0 Å². The van der Waals surface area contributed by atoms with Crippen molar-refractivity contribution in [1.82, 2.24) is 10.2 Å². The Morgan fingerprint density at radius 2 is 1.95 bits per heavy atom. The first kappa shape index (κ1) is 15.7. The van der Waals surface area contributed by atoms with Gasteiger partial charge in [-0.05, 0) is 17.7 Å². The third-order valence-corrected chi connectivity index (χ3v) is 3.88. The lowest BCUT2D eigenvalue weighted by atomic mass is 10.1. The van der Waals surface area contributed by atoms with E-state index in [0.717, 1.165) is 12.1 Å². The van der Waals surface area contributed by atoms with Gasteiger partial charge in [0.2, 0.25) is 11.8 Å². The van der Waals surface area contributed by atoms with Crippen molar-refractivity contribution < 1.29 is 22.8 Å². The molecule has 0 aromatic heterocycles. The quantitative estimate of drug-likeness (QED) is 0.922. The topological polar surface area (TPSA) is 49.4 Å². The molecule has 1 fully saturated rings. The minimum atomic E-state index is -4.37. The van der Waals surface area contributed by atoms with Crippen LogP contribution in [0.25, 0.3) is 0 Å². The van der Waals surface area contributed by atoms with Gasteiger partial charge in [0.05, 0.1) is 17.2 Å². The minimum Gasteiger partial charge on any atom is -0.350 e. The first-order valence-corrected chi connectivity index (χ1v) is 7.30. The van der Waals surface area contributed by atoms with Gasteiger partial charge >= 0.3 is 6.18 Å². The molecule has 1 aromatic carbocycles. The molecule has 8 heteroatoms. The number of alkyl halides is 3. The van der Waals surface area contributed by atoms with Crippen molar-refractivity contribution in [2.24, 2.45) is 0 Å². The average Bonchev–Trinajstić information content (AvgIpc) is 2.81. The van der Waals surface area contributed by atoms with Crippen molar-refractivity contribution in [3.63, 3.8) is 0 Å². The Kier molecular flexibility index (Phi) is 4.76. The van der Waals surface area contributed by atoms with Crippen LogP contribution in [0.2, 0.25) is 0 Å². The summed E-state index contributed by atoms with van der Waals surface area (Å²) >= 11 is 1.44. The summed E-state index contributed by atoms with van der Waals surface area (Å²) in [5.74, 6) is 0.467. The number of carbonyl (C=O) groups is 2. The monoisotopic (exact) mass is 318 g/mol. The number of rotatable bonds is 4. The molecule has 0 saturated carbocycles. The fourth-order valence-electron chi connectivity index (χ4n) is 1.78. The van der Waals surface area contributed by atoms with Crippen molar-refractivity contribution >= 4 is 23.6 Å². The van der Waals surface area contributed by atoms with Crippen LogP contribution in [0.3, 0.4) is 0 Å². The fourth-order valence-corrected chi connectivity index (χ4v) is 2.69. The molecule has 1 N–H and O–H groups in total. The van der Waals surface area contributed by atoms with Crippen LogP contribution in [0.1, 0.15) is 11.1 Å². The summed E-state index contributed by atoms with van der Waals surface area (Å²) in [7, 11) is 0. The normalized spacial score (nSPS) is 15.4. The average molecular weight is 318 g/mol. The summed E-state index contributed by atoms with van der Waals surface area (Å²) in [6.45, 7) is 0.110. The standard InChI is InChI=1S/C13H13F3N2O2S/c14-13(15,16)10-3-1-9(2-4-10)5-17-11(19)6-18-8-21-7-12(18)20/h1-4H,5-8H2,(H,17,19). The highest BCUT2D eigenvalue weighted by Gasteiger charge is 2.29. The summed E-state index contributed by atoms with van der Waals surface area (Å²) in [5.41, 5.74) is -0.157. The number of amides is 2. The van der Waals surface area contributed by atoms with E-state index in [1.165, 1.54) is 28.8 Å². The van der Waals surface area contributed by atoms with Crippen molar-refractivity contribution in [1.29, 1.82) is 0 Å². The Morgan fingerprint density at radius 3 is 2.48 bits per heavy atom. The van der Waals surface area contributed by atoms with E-state index in [4.69, 9.17) is 0 Å². The zero-order valence-electron chi connectivity index (χ0n) is 10.9. The maximum absolute atomic E-state index is 12.4. The van der Waals surface area contributed by atoms with Gasteiger partial charge in [0.15, 0.2) is 0 Å². The molecular weight excluding hydrogens is 305 g/mol. The van der Waals surface area contributed by atoms with Gasteiger partial charge in [-0.15, -0.1) is 11.8 Å². The van der Waals surface area contributed by atoms with E-state index in [0.29, 0.717) is 17.2 Å². The van der Waals surface area contributed by atoms with Crippen LogP contribution in [-0.2, 0) is 22.3 Å². The second-order valence-corrected chi connectivity index (χ2v) is 5.50. The Bertz CT molecular complexity index is 531. The summed E-state index contributed by atoms with van der Waals surface area (Å²) in [4.78, 5) is 24.4. The molecule has 21 heavy (non-hydrogen) atoms. The second kappa shape index (κ2) is 6.38. The fraction of sp³-hybridized carbons (Fsp3) is 0.385. The molecule has 1 heterocycles. The lowest BCUT2D eigenvalue weighted by molar-refractivity contribution is -0.137. The Hall–Kier alpha value is -1.70. The summed E-state index contributed by atoms with van der Waals surface area (Å²) in [6.07, 6.45) is -4.37. The number of hydrogen-bond acceptors (Lipinski definition) is 3. The molecule has 1 saturated heterocycles. The molecule has 0 aliphatic carbocycles. The Morgan fingerprint density at radius 1 is 1.29 bits per heavy atom. The molecular formula is C13H13F3N2O2S. The van der Waals surface area contributed by atoms with E-state index in [9.17, 15) is 22.8 Å². The van der Waals surface area contributed by atoms with Gasteiger partial charge in [0.1, 0.15) is 6.54 Å². The van der Waals surface area contributed by atoms with Crippen LogP contribution in [-0.4, -0.2) is 34.9 Å². The Balaban J connectivity index is 1.82. The second-order valence-electron chi connectivity index (χ2n) is 4.54. The highest BCUT2D eigenvalue weighted by molar-refractivity contribution is 8.00. The number of hydrogen-bond donors (Lipinski definition) is 1. The zero-order chi connectivity index (χ0) is 15.5. The third-order valence-electron chi connectivity index (χ3n) is 2.93. The van der Waals surface area contributed by atoms with Crippen LogP contribution in [0, 0.1) is 0 Å². The number of thioether (sulfide) groups is 1. The van der Waals surface area contributed by atoms with Gasteiger partial charge in [-0.1, -0.05) is 12.1 Å². The van der Waals surface area contributed by atoms with Crippen LogP contribution in [0.5, 0.6) is 0 Å². The predicted molar refractivity (Wildman–Crippen MR) is 72.3 cm³/mol. The number of nitrogens with zero attached hydrogens (tertiary/aromatic N) is 1. The molecule has 1 aromatic rings. The van der Waals surface area contributed by atoms with Crippen molar-refractivity contribution in [2.75, 3.05) is 18.2 Å². The molecule has 2 rings (SSSR count). The molecule has 0 unspecified atom stereocenters. The van der Waals surface area contributed by atoms with E-state index in [2.05, 4.69) is 5.32 Å². The highest BCUT2D eigenvalue weighted by atomic mass is 32.2. The molecule has 1 aliphatic rings. The summed E-state index contributed by atoms with van der Waals surface area (Å²) in [5, 5.41) is 2.58. The number of halogens is 3. The van der Waals surface area contributed by atoms with Gasteiger partial charge < -0.3 is 10.2 Å². The predicted octanol–water partition coefficient (Wildman–Crippen LogP) is 1.85. The summed E-state index contributed by atoms with van der Waals surface area (Å²) < 4.78 is 37.2. The van der Waals surface area contributed by atoms with Crippen LogP contribution < -0.4 is 5.32 Å². The van der Waals surface area contributed by atoms with Crippen LogP contribution in [0.4, 0.5) is 13.2 Å². The summed E-state index contributed by atoms with van der Waals surface area (Å²) in [6, 6.07) is 4.59. The lowest BCUT2D eigenvalue weighted by Gasteiger charge is -2.14. The van der Waals surface area contributed by atoms with Gasteiger partial charge in [0, 0.05) is 6.54 Å². The smallest absolute Gasteiger partial charge is 0.350 e. The third kappa shape index (κ3) is 4.38. The SMILES string of the molecule is O=C(CN1CSCC1=O)NCc1ccc(C(F)(F)F)cc1. The van der Waals surface area contributed by atoms with E-state index in [1.54, 1.807) is 0 Å². The molecule has 2 amide bonds. The first-order chi connectivity index (χ1) is 9.86. The molecule has 0 spiro atoms. The van der Waals surface area contributed by atoms with E-state index < -0.39 is 11.7 Å². The van der Waals surface area contributed by atoms with Gasteiger partial charge in [-0.3, -0.25) is 9.59 Å². The van der Waals surface area contributed by atoms with Crippen LogP contribution >= 0.6 is 11.8 Å². The van der Waals surface area contributed by atoms with Crippen LogP contribution in [0.15, 0.2) is 24.3 Å². The van der Waals surface area contributed by atoms with E-state index in [-0.39, 0.29) is 24.9 Å². The number of nitrogens with one attached hydrogen (secondary N) is 1. The molecule has 4 nitrogen and oxygen atoms in total. The molecule has 0 radical (unpaired) electrons. The highest BCUT2D eigenvalue weighted by Crippen LogP contribution is 2.29. The number of benzene rings is 1. The van der Waals surface area contributed by atoms with Crippen molar-refractivity contribution in [2.45, 2.75) is 12.7 Å². The maximum atomic E-state index is 12.4. The van der Waals surface area contributed by atoms with Gasteiger partial charge in [0.25, 0.3) is 0 Å². The molecule has 1 aliphatic heterocycles. The van der Waals surface area contributed by atoms with E-state index in [1.807, 2.05) is 0 Å². The largest absolute Gasteiger partial charge is 0.416 e.